The van der Waals surface area contributed by atoms with Crippen LogP contribution >= 0.6 is 15.9 Å². The van der Waals surface area contributed by atoms with Gasteiger partial charge in [-0.25, -0.2) is 5.43 Å². The summed E-state index contributed by atoms with van der Waals surface area (Å²) < 4.78 is 1.03. The zero-order chi connectivity index (χ0) is 15.6. The molecule has 0 saturated heterocycles. The van der Waals surface area contributed by atoms with Gasteiger partial charge in [-0.2, -0.15) is 10.1 Å². The fourth-order valence-electron chi connectivity index (χ4n) is 2.28. The number of para-hydroxylation sites is 1. The highest BCUT2D eigenvalue weighted by atomic mass is 79.9. The van der Waals surface area contributed by atoms with E-state index >= 15 is 0 Å². The van der Waals surface area contributed by atoms with E-state index in [-0.39, 0.29) is 0 Å². The minimum absolute atomic E-state index is 0.345. The molecule has 4 rings (SSSR count). The summed E-state index contributed by atoms with van der Waals surface area (Å²) in [4.78, 5) is 7.62. The molecule has 0 spiro atoms. The summed E-state index contributed by atoms with van der Waals surface area (Å²) in [5.41, 5.74) is 6.19. The number of aromatic amines is 1. The van der Waals surface area contributed by atoms with E-state index in [0.29, 0.717) is 11.6 Å². The zero-order valence-corrected chi connectivity index (χ0v) is 13.4. The Morgan fingerprint density at radius 3 is 2.74 bits per heavy atom. The average molecular weight is 367 g/mol. The van der Waals surface area contributed by atoms with Crippen LogP contribution in [0.1, 0.15) is 5.56 Å². The normalized spacial score (nSPS) is 11.5. The third-order valence-corrected chi connectivity index (χ3v) is 3.90. The van der Waals surface area contributed by atoms with Gasteiger partial charge in [0.05, 0.1) is 6.21 Å². The van der Waals surface area contributed by atoms with Crippen molar-refractivity contribution in [2.75, 3.05) is 5.43 Å². The summed E-state index contributed by atoms with van der Waals surface area (Å²) in [6.45, 7) is 0. The molecular weight excluding hydrogens is 356 g/mol. The van der Waals surface area contributed by atoms with Gasteiger partial charge in [-0.1, -0.05) is 46.3 Å². The van der Waals surface area contributed by atoms with Crippen LogP contribution in [0.2, 0.25) is 0 Å². The van der Waals surface area contributed by atoms with Gasteiger partial charge in [-0.05, 0) is 23.8 Å². The minimum Gasteiger partial charge on any atom is -0.338 e. The fourth-order valence-corrected chi connectivity index (χ4v) is 2.55. The standard InChI is InChI=1S/C16H11BrN6/c17-11-7-5-10(6-8-11)9-18-22-16-20-15-14(21-23-16)12-3-1-2-4-13(12)19-15/h1-9H,(H2,19,20,22,23)/b18-9-. The van der Waals surface area contributed by atoms with Crippen LogP contribution in [0.25, 0.3) is 22.1 Å². The van der Waals surface area contributed by atoms with Gasteiger partial charge >= 0.3 is 0 Å². The summed E-state index contributed by atoms with van der Waals surface area (Å²) in [7, 11) is 0. The molecule has 7 heteroatoms. The van der Waals surface area contributed by atoms with Crippen molar-refractivity contribution in [3.8, 4) is 0 Å². The Kier molecular flexibility index (Phi) is 3.47. The van der Waals surface area contributed by atoms with E-state index in [0.717, 1.165) is 26.5 Å². The number of fused-ring (bicyclic) bond motifs is 3. The fraction of sp³-hybridized carbons (Fsp3) is 0. The monoisotopic (exact) mass is 366 g/mol. The number of benzene rings is 2. The lowest BCUT2D eigenvalue weighted by atomic mass is 10.2. The first-order valence-electron chi connectivity index (χ1n) is 6.95. The van der Waals surface area contributed by atoms with Crippen molar-refractivity contribution in [2.45, 2.75) is 0 Å². The Morgan fingerprint density at radius 1 is 1.04 bits per heavy atom. The third-order valence-electron chi connectivity index (χ3n) is 3.37. The molecule has 0 aliphatic rings. The molecule has 0 aliphatic heterocycles. The number of H-pyrrole nitrogens is 1. The predicted octanol–water partition coefficient (Wildman–Crippen LogP) is 3.71. The van der Waals surface area contributed by atoms with Crippen molar-refractivity contribution in [1.29, 1.82) is 0 Å². The van der Waals surface area contributed by atoms with E-state index in [2.05, 4.69) is 46.6 Å². The van der Waals surface area contributed by atoms with Crippen LogP contribution in [0.4, 0.5) is 5.95 Å². The van der Waals surface area contributed by atoms with Crippen LogP contribution in [-0.2, 0) is 0 Å². The number of rotatable bonds is 3. The molecule has 2 aromatic heterocycles. The second kappa shape index (κ2) is 5.77. The molecule has 0 fully saturated rings. The van der Waals surface area contributed by atoms with Gasteiger partial charge in [0.1, 0.15) is 5.52 Å². The van der Waals surface area contributed by atoms with Gasteiger partial charge in [0, 0.05) is 15.4 Å². The molecule has 23 heavy (non-hydrogen) atoms. The molecular formula is C16H11BrN6. The predicted molar refractivity (Wildman–Crippen MR) is 94.5 cm³/mol. The Hall–Kier alpha value is -2.80. The Balaban J connectivity index is 1.59. The molecule has 2 N–H and O–H groups in total. The van der Waals surface area contributed by atoms with Gasteiger partial charge in [-0.3, -0.25) is 0 Å². The van der Waals surface area contributed by atoms with Crippen molar-refractivity contribution in [2.24, 2.45) is 5.10 Å². The van der Waals surface area contributed by atoms with E-state index in [1.54, 1.807) is 6.21 Å². The Morgan fingerprint density at radius 2 is 1.87 bits per heavy atom. The number of aromatic nitrogens is 4. The van der Waals surface area contributed by atoms with Crippen LogP contribution in [0.5, 0.6) is 0 Å². The number of nitrogens with one attached hydrogen (secondary N) is 2. The first kappa shape index (κ1) is 13.8. The van der Waals surface area contributed by atoms with E-state index in [9.17, 15) is 0 Å². The van der Waals surface area contributed by atoms with Gasteiger partial charge < -0.3 is 4.98 Å². The second-order valence-corrected chi connectivity index (χ2v) is 5.84. The molecule has 4 aromatic rings. The van der Waals surface area contributed by atoms with Crippen LogP contribution in [-0.4, -0.2) is 26.4 Å². The molecule has 0 saturated carbocycles. The molecule has 0 aliphatic carbocycles. The summed E-state index contributed by atoms with van der Waals surface area (Å²) in [5, 5.41) is 13.4. The van der Waals surface area contributed by atoms with E-state index in [4.69, 9.17) is 0 Å². The SMILES string of the molecule is Brc1ccc(/C=N\Nc2nnc3c(n2)[nH]c2ccccc23)cc1. The van der Waals surface area contributed by atoms with Crippen molar-refractivity contribution in [3.63, 3.8) is 0 Å². The van der Waals surface area contributed by atoms with Gasteiger partial charge in [0.25, 0.3) is 5.95 Å². The molecule has 0 bridgehead atoms. The molecule has 0 radical (unpaired) electrons. The first-order valence-corrected chi connectivity index (χ1v) is 7.75. The van der Waals surface area contributed by atoms with Crippen LogP contribution < -0.4 is 5.43 Å². The van der Waals surface area contributed by atoms with Crippen molar-refractivity contribution in [1.82, 2.24) is 20.2 Å². The average Bonchev–Trinajstić information content (AvgIpc) is 2.94. The lowest BCUT2D eigenvalue weighted by molar-refractivity contribution is 1.01. The van der Waals surface area contributed by atoms with Crippen molar-refractivity contribution < 1.29 is 0 Å². The maximum Gasteiger partial charge on any atom is 0.265 e. The van der Waals surface area contributed by atoms with E-state index < -0.39 is 0 Å². The highest BCUT2D eigenvalue weighted by molar-refractivity contribution is 9.10. The summed E-state index contributed by atoms with van der Waals surface area (Å²) in [5.74, 6) is 0.345. The highest BCUT2D eigenvalue weighted by Crippen LogP contribution is 2.21. The smallest absolute Gasteiger partial charge is 0.265 e. The lowest BCUT2D eigenvalue weighted by Gasteiger charge is -1.97. The number of hydrogen-bond donors (Lipinski definition) is 2. The van der Waals surface area contributed by atoms with Crippen molar-refractivity contribution >= 4 is 50.2 Å². The minimum atomic E-state index is 0.345. The molecule has 2 heterocycles. The largest absolute Gasteiger partial charge is 0.338 e. The maximum absolute atomic E-state index is 4.40. The highest BCUT2D eigenvalue weighted by Gasteiger charge is 2.07. The number of hydrazone groups is 1. The number of halogens is 1. The second-order valence-electron chi connectivity index (χ2n) is 4.92. The number of anilines is 1. The van der Waals surface area contributed by atoms with Crippen LogP contribution in [0, 0.1) is 0 Å². The third kappa shape index (κ3) is 2.78. The number of nitrogens with zero attached hydrogens (tertiary/aromatic N) is 4. The number of hydrogen-bond acceptors (Lipinski definition) is 5. The molecule has 2 aromatic carbocycles. The van der Waals surface area contributed by atoms with Gasteiger partial charge in [0.2, 0.25) is 0 Å². The Bertz CT molecular complexity index is 1010. The van der Waals surface area contributed by atoms with E-state index in [1.807, 2.05) is 48.5 Å². The molecule has 112 valence electrons. The van der Waals surface area contributed by atoms with E-state index in [1.165, 1.54) is 0 Å². The summed E-state index contributed by atoms with van der Waals surface area (Å²) in [6.07, 6.45) is 1.70. The van der Waals surface area contributed by atoms with Gasteiger partial charge in [0.15, 0.2) is 5.65 Å². The van der Waals surface area contributed by atoms with Crippen LogP contribution in [0.15, 0.2) is 58.1 Å². The summed E-state index contributed by atoms with van der Waals surface area (Å²) in [6, 6.07) is 15.7. The topological polar surface area (TPSA) is 78.8 Å². The van der Waals surface area contributed by atoms with Crippen molar-refractivity contribution in [3.05, 3.63) is 58.6 Å². The molecule has 6 nitrogen and oxygen atoms in total. The first-order chi connectivity index (χ1) is 11.3. The van der Waals surface area contributed by atoms with Crippen LogP contribution in [0.3, 0.4) is 0 Å². The van der Waals surface area contributed by atoms with Gasteiger partial charge in [-0.15, -0.1) is 10.2 Å². The Labute approximate surface area is 139 Å². The molecule has 0 amide bonds. The maximum atomic E-state index is 4.40. The quantitative estimate of drug-likeness (QED) is 0.427. The molecule has 0 atom stereocenters. The summed E-state index contributed by atoms with van der Waals surface area (Å²) >= 11 is 3.40. The lowest BCUT2D eigenvalue weighted by Crippen LogP contribution is -1.98. The molecule has 0 unspecified atom stereocenters. The zero-order valence-electron chi connectivity index (χ0n) is 11.9.